The van der Waals surface area contributed by atoms with Crippen LogP contribution in [0.2, 0.25) is 0 Å². The van der Waals surface area contributed by atoms with Crippen LogP contribution in [-0.4, -0.2) is 15.9 Å². The van der Waals surface area contributed by atoms with Gasteiger partial charge in [-0.2, -0.15) is 5.26 Å². The highest BCUT2D eigenvalue weighted by Crippen LogP contribution is 2.07. The Bertz CT molecular complexity index is 636. The van der Waals surface area contributed by atoms with Gasteiger partial charge in [0.15, 0.2) is 0 Å². The molecule has 1 heterocycles. The molecule has 5 nitrogen and oxygen atoms in total. The highest BCUT2D eigenvalue weighted by molar-refractivity contribution is 5.91. The van der Waals surface area contributed by atoms with Crippen LogP contribution in [-0.2, 0) is 4.79 Å². The van der Waals surface area contributed by atoms with Gasteiger partial charge in [-0.05, 0) is 30.7 Å². The van der Waals surface area contributed by atoms with E-state index >= 15 is 0 Å². The molecule has 0 fully saturated rings. The second-order valence-corrected chi connectivity index (χ2v) is 4.27. The summed E-state index contributed by atoms with van der Waals surface area (Å²) in [6.45, 7) is 1.85. The molecule has 5 heteroatoms. The molecule has 1 aromatic carbocycles. The lowest BCUT2D eigenvalue weighted by molar-refractivity contribution is -0.117. The van der Waals surface area contributed by atoms with Gasteiger partial charge in [0.05, 0.1) is 17.7 Å². The lowest BCUT2D eigenvalue weighted by atomic mass is 10.1. The zero-order valence-corrected chi connectivity index (χ0v) is 11.0. The molecule has 0 aliphatic rings. The number of benzene rings is 1. The van der Waals surface area contributed by atoms with E-state index in [1.165, 1.54) is 6.08 Å². The third-order valence-electron chi connectivity index (χ3n) is 2.76. The minimum atomic E-state index is -0.196. The Kier molecular flexibility index (Phi) is 4.30. The number of hydrogen-bond acceptors (Lipinski definition) is 3. The quantitative estimate of drug-likeness (QED) is 0.832. The first kappa shape index (κ1) is 13.6. The van der Waals surface area contributed by atoms with E-state index in [4.69, 9.17) is 5.26 Å². The molecular formula is C15H14N4O. The summed E-state index contributed by atoms with van der Waals surface area (Å²) < 4.78 is 0. The molecule has 0 bridgehead atoms. The highest BCUT2D eigenvalue weighted by Gasteiger charge is 2.08. The van der Waals surface area contributed by atoms with Gasteiger partial charge in [-0.3, -0.25) is 4.79 Å². The number of carbonyl (C=O) groups is 1. The monoisotopic (exact) mass is 266 g/mol. The normalized spacial score (nSPS) is 12.0. The average molecular weight is 266 g/mol. The van der Waals surface area contributed by atoms with Gasteiger partial charge >= 0.3 is 0 Å². The molecule has 0 spiro atoms. The summed E-state index contributed by atoms with van der Waals surface area (Å²) in [5.41, 5.74) is 1.46. The van der Waals surface area contributed by atoms with Gasteiger partial charge < -0.3 is 10.3 Å². The number of amides is 1. The Balaban J connectivity index is 1.93. The standard InChI is InChI=1S/C15H14N4O/c1-11(15-17-8-9-18-15)19-14(20)7-6-12-2-4-13(10-16)5-3-12/h2-9,11H,1H3,(H,17,18)(H,19,20)/b7-6+. The molecule has 0 aliphatic heterocycles. The largest absolute Gasteiger partial charge is 0.347 e. The van der Waals surface area contributed by atoms with Crippen LogP contribution in [0.3, 0.4) is 0 Å². The fraction of sp³-hybridized carbons (Fsp3) is 0.133. The number of nitrogens with zero attached hydrogens (tertiary/aromatic N) is 2. The topological polar surface area (TPSA) is 81.6 Å². The van der Waals surface area contributed by atoms with Crippen molar-refractivity contribution in [2.24, 2.45) is 0 Å². The van der Waals surface area contributed by atoms with Crippen LogP contribution >= 0.6 is 0 Å². The highest BCUT2D eigenvalue weighted by atomic mass is 16.1. The van der Waals surface area contributed by atoms with E-state index < -0.39 is 0 Å². The third kappa shape index (κ3) is 3.56. The number of nitriles is 1. The second kappa shape index (κ2) is 6.34. The Labute approximate surface area is 117 Å². The van der Waals surface area contributed by atoms with E-state index in [0.717, 1.165) is 5.56 Å². The Hall–Kier alpha value is -2.87. The molecule has 0 radical (unpaired) electrons. The third-order valence-corrected chi connectivity index (χ3v) is 2.76. The number of aromatic amines is 1. The predicted molar refractivity (Wildman–Crippen MR) is 75.3 cm³/mol. The van der Waals surface area contributed by atoms with Crippen molar-refractivity contribution in [1.29, 1.82) is 5.26 Å². The number of nitrogens with one attached hydrogen (secondary N) is 2. The Morgan fingerprint density at radius 1 is 1.45 bits per heavy atom. The zero-order valence-electron chi connectivity index (χ0n) is 11.0. The van der Waals surface area contributed by atoms with Crippen molar-refractivity contribution in [3.8, 4) is 6.07 Å². The first-order valence-corrected chi connectivity index (χ1v) is 6.17. The van der Waals surface area contributed by atoms with Gasteiger partial charge in [0, 0.05) is 18.5 Å². The Morgan fingerprint density at radius 2 is 2.20 bits per heavy atom. The van der Waals surface area contributed by atoms with Crippen molar-refractivity contribution < 1.29 is 4.79 Å². The van der Waals surface area contributed by atoms with Crippen LogP contribution in [0, 0.1) is 11.3 Å². The summed E-state index contributed by atoms with van der Waals surface area (Å²) in [6.07, 6.45) is 6.52. The number of rotatable bonds is 4. The van der Waals surface area contributed by atoms with Crippen LogP contribution < -0.4 is 5.32 Å². The summed E-state index contributed by atoms with van der Waals surface area (Å²) in [5, 5.41) is 11.5. The van der Waals surface area contributed by atoms with Gasteiger partial charge in [-0.15, -0.1) is 0 Å². The number of carbonyl (C=O) groups excluding carboxylic acids is 1. The van der Waals surface area contributed by atoms with Crippen molar-refractivity contribution in [1.82, 2.24) is 15.3 Å². The Morgan fingerprint density at radius 3 is 2.80 bits per heavy atom. The number of aromatic nitrogens is 2. The smallest absolute Gasteiger partial charge is 0.244 e. The minimum absolute atomic E-state index is 0.178. The van der Waals surface area contributed by atoms with Gasteiger partial charge in [0.1, 0.15) is 5.82 Å². The molecule has 1 amide bonds. The molecule has 2 N–H and O–H groups in total. The molecule has 2 aromatic rings. The molecule has 20 heavy (non-hydrogen) atoms. The van der Waals surface area contributed by atoms with E-state index in [2.05, 4.69) is 15.3 Å². The molecule has 1 aromatic heterocycles. The van der Waals surface area contributed by atoms with E-state index in [0.29, 0.717) is 11.4 Å². The average Bonchev–Trinajstić information content (AvgIpc) is 3.00. The molecule has 1 atom stereocenters. The maximum absolute atomic E-state index is 11.8. The first-order chi connectivity index (χ1) is 9.69. The van der Waals surface area contributed by atoms with E-state index in [-0.39, 0.29) is 11.9 Å². The van der Waals surface area contributed by atoms with Crippen molar-refractivity contribution in [2.75, 3.05) is 0 Å². The molecule has 0 aliphatic carbocycles. The van der Waals surface area contributed by atoms with Gasteiger partial charge in [0.2, 0.25) is 5.91 Å². The molecule has 1 unspecified atom stereocenters. The molecule has 100 valence electrons. The van der Waals surface area contributed by atoms with E-state index in [1.54, 1.807) is 42.7 Å². The summed E-state index contributed by atoms with van der Waals surface area (Å²) >= 11 is 0. The zero-order chi connectivity index (χ0) is 14.4. The molecule has 2 rings (SSSR count). The lowest BCUT2D eigenvalue weighted by Crippen LogP contribution is -2.25. The lowest BCUT2D eigenvalue weighted by Gasteiger charge is -2.08. The van der Waals surface area contributed by atoms with Crippen LogP contribution in [0.1, 0.15) is 29.9 Å². The second-order valence-electron chi connectivity index (χ2n) is 4.27. The fourth-order valence-electron chi connectivity index (χ4n) is 1.68. The van der Waals surface area contributed by atoms with Crippen molar-refractivity contribution >= 4 is 12.0 Å². The van der Waals surface area contributed by atoms with Crippen LogP contribution in [0.5, 0.6) is 0 Å². The maximum atomic E-state index is 11.8. The van der Waals surface area contributed by atoms with E-state index in [1.807, 2.05) is 13.0 Å². The van der Waals surface area contributed by atoms with Gasteiger partial charge in [-0.1, -0.05) is 12.1 Å². The van der Waals surface area contributed by atoms with Crippen LogP contribution in [0.25, 0.3) is 6.08 Å². The van der Waals surface area contributed by atoms with Crippen LogP contribution in [0.4, 0.5) is 0 Å². The molecule has 0 saturated heterocycles. The number of H-pyrrole nitrogens is 1. The van der Waals surface area contributed by atoms with Crippen LogP contribution in [0.15, 0.2) is 42.7 Å². The maximum Gasteiger partial charge on any atom is 0.244 e. The van der Waals surface area contributed by atoms with E-state index in [9.17, 15) is 4.79 Å². The SMILES string of the molecule is CC(NC(=O)/C=C/c1ccc(C#N)cc1)c1ncc[nH]1. The van der Waals surface area contributed by atoms with Gasteiger partial charge in [-0.25, -0.2) is 4.98 Å². The summed E-state index contributed by atoms with van der Waals surface area (Å²) in [6, 6.07) is 8.87. The fourth-order valence-corrected chi connectivity index (χ4v) is 1.68. The summed E-state index contributed by atoms with van der Waals surface area (Å²) in [4.78, 5) is 18.8. The predicted octanol–water partition coefficient (Wildman–Crippen LogP) is 2.17. The first-order valence-electron chi connectivity index (χ1n) is 6.17. The molecule has 0 saturated carbocycles. The van der Waals surface area contributed by atoms with Crippen molar-refractivity contribution in [3.05, 3.63) is 59.7 Å². The minimum Gasteiger partial charge on any atom is -0.347 e. The molecular weight excluding hydrogens is 252 g/mol. The van der Waals surface area contributed by atoms with Gasteiger partial charge in [0.25, 0.3) is 0 Å². The number of imidazole rings is 1. The number of hydrogen-bond donors (Lipinski definition) is 2. The van der Waals surface area contributed by atoms with Crippen molar-refractivity contribution in [3.63, 3.8) is 0 Å². The summed E-state index contributed by atoms with van der Waals surface area (Å²) in [7, 11) is 0. The van der Waals surface area contributed by atoms with Crippen molar-refractivity contribution in [2.45, 2.75) is 13.0 Å². The summed E-state index contributed by atoms with van der Waals surface area (Å²) in [5.74, 6) is 0.517.